The van der Waals surface area contributed by atoms with Crippen molar-refractivity contribution >= 4 is 0 Å². The molecule has 114 heavy (non-hydrogen) atoms. The van der Waals surface area contributed by atoms with Crippen LogP contribution in [-0.4, -0.2) is 151 Å². The fourth-order valence-electron chi connectivity index (χ4n) is 8.98. The van der Waals surface area contributed by atoms with Gasteiger partial charge in [-0.3, -0.25) is 29.1 Å². The van der Waals surface area contributed by atoms with Gasteiger partial charge in [0.05, 0.1) is 49.0 Å². The third kappa shape index (κ3) is 27.4. The number of aromatic nitrogens is 19. The molecule has 0 aliphatic carbocycles. The predicted octanol–water partition coefficient (Wildman–Crippen LogP) is 11.2. The van der Waals surface area contributed by atoms with E-state index in [-0.39, 0.29) is 48.9 Å². The molecule has 0 radical (unpaired) electrons. The summed E-state index contributed by atoms with van der Waals surface area (Å²) < 4.78 is 226. The van der Waals surface area contributed by atoms with Crippen molar-refractivity contribution in [3.05, 3.63) is 258 Å². The van der Waals surface area contributed by atoms with Crippen LogP contribution < -0.4 is 45.9 Å². The summed E-state index contributed by atoms with van der Waals surface area (Å²) >= 11 is 0. The molecule has 12 rings (SSSR count). The molecule has 0 N–H and O–H groups in total. The van der Waals surface area contributed by atoms with Crippen molar-refractivity contribution in [3.8, 4) is 75.0 Å². The molecule has 44 heteroatoms. The van der Waals surface area contributed by atoms with E-state index in [1.165, 1.54) is 157 Å². The van der Waals surface area contributed by atoms with E-state index in [1.54, 1.807) is 18.3 Å². The van der Waals surface area contributed by atoms with Crippen LogP contribution in [0.1, 0.15) is 47.5 Å². The monoisotopic (exact) mass is 1610 g/mol. The van der Waals surface area contributed by atoms with E-state index in [4.69, 9.17) is 4.74 Å². The molecule has 11 heterocycles. The minimum atomic E-state index is -4.51. The number of hydrogen-bond acceptors (Lipinski definition) is 24. The van der Waals surface area contributed by atoms with Crippen LogP contribution >= 0.6 is 0 Å². The fourth-order valence-corrected chi connectivity index (χ4v) is 8.98. The van der Waals surface area contributed by atoms with Gasteiger partial charge in [-0.2, -0.15) is 81.9 Å². The Hall–Kier alpha value is -13.6. The lowest BCUT2D eigenvalue weighted by Gasteiger charge is -2.11. The number of aryl methyl sites for hydroxylation is 1. The van der Waals surface area contributed by atoms with Crippen LogP contribution in [0, 0.1) is 12.7 Å². The quantitative estimate of drug-likeness (QED) is 0.0537. The second-order valence-corrected chi connectivity index (χ2v) is 23.5. The fraction of sp³-hybridized carbons (Fsp3) is 0.243. The first-order valence-corrected chi connectivity index (χ1v) is 32.5. The maximum absolute atomic E-state index is 13.3. The number of hydrogen-bond donors (Lipinski definition) is 0. The lowest BCUT2D eigenvalue weighted by Crippen LogP contribution is -2.23. The molecular formula is C70H55F16N19O9. The first-order chi connectivity index (χ1) is 53.8. The van der Waals surface area contributed by atoms with Gasteiger partial charge in [0.25, 0.3) is 28.2 Å². The van der Waals surface area contributed by atoms with Gasteiger partial charge in [-0.15, -0.1) is 0 Å². The third-order valence-electron chi connectivity index (χ3n) is 14.2. The van der Waals surface area contributed by atoms with Gasteiger partial charge in [-0.1, -0.05) is 30.3 Å². The van der Waals surface area contributed by atoms with Crippen molar-refractivity contribution in [2.24, 2.45) is 0 Å². The highest BCUT2D eigenvalue weighted by Gasteiger charge is 2.32. The first kappa shape index (κ1) is 84.4. The highest BCUT2D eigenvalue weighted by atomic mass is 19.4. The summed E-state index contributed by atoms with van der Waals surface area (Å²) in [6.07, 6.45) is -5.25. The van der Waals surface area contributed by atoms with Crippen molar-refractivity contribution < 1.29 is 93.9 Å². The Morgan fingerprint density at radius 3 is 0.930 bits per heavy atom. The van der Waals surface area contributed by atoms with Crippen molar-refractivity contribution in [1.82, 2.24) is 93.9 Å². The average Bonchev–Trinajstić information content (AvgIpc) is 0.817. The number of alkyl halides is 15. The van der Waals surface area contributed by atoms with Gasteiger partial charge in [0.15, 0.2) is 26.4 Å². The molecule has 596 valence electrons. The molecule has 0 saturated carbocycles. The average molecular weight is 1610 g/mol. The number of nitrogens with zero attached hydrogens (tertiary/aromatic N) is 19. The molecular weight excluding hydrogens is 1550 g/mol. The van der Waals surface area contributed by atoms with Crippen LogP contribution in [0.15, 0.2) is 197 Å². The van der Waals surface area contributed by atoms with E-state index in [1.807, 2.05) is 19.1 Å². The van der Waals surface area contributed by atoms with Crippen LogP contribution in [0.4, 0.5) is 70.2 Å². The molecule has 0 spiro atoms. The Morgan fingerprint density at radius 2 is 0.667 bits per heavy atom. The number of pyridine rings is 3. The Bertz CT molecular complexity index is 5390. The van der Waals surface area contributed by atoms with Gasteiger partial charge >= 0.3 is 48.7 Å². The largest absolute Gasteiger partial charge is 0.454 e. The Labute approximate surface area is 629 Å². The molecule has 11 aromatic heterocycles. The summed E-state index contributed by atoms with van der Waals surface area (Å²) in [7, 11) is 0. The number of benzene rings is 1. The van der Waals surface area contributed by atoms with Gasteiger partial charge in [0.1, 0.15) is 11.5 Å². The van der Waals surface area contributed by atoms with Gasteiger partial charge in [-0.25, -0.2) is 72.4 Å². The molecule has 1 aromatic carbocycles. The summed E-state index contributed by atoms with van der Waals surface area (Å²) in [5, 5.41) is 16.8. The van der Waals surface area contributed by atoms with Crippen molar-refractivity contribution in [2.45, 2.75) is 83.9 Å². The van der Waals surface area contributed by atoms with Crippen molar-refractivity contribution in [2.75, 3.05) is 26.4 Å². The van der Waals surface area contributed by atoms with E-state index in [0.717, 1.165) is 33.6 Å². The molecule has 12 aromatic rings. The Morgan fingerprint density at radius 1 is 0.360 bits per heavy atom. The minimum absolute atomic E-state index is 0.0249. The normalized spacial score (nSPS) is 11.9. The van der Waals surface area contributed by atoms with Crippen molar-refractivity contribution in [1.29, 1.82) is 0 Å². The number of rotatable bonds is 23. The van der Waals surface area contributed by atoms with Crippen LogP contribution in [0.5, 0.6) is 29.9 Å². The SMILES string of the molecule is CC(F)(F)c1ccc(Cn2nc(-c3cnc(OCC(F)(F)F)nc3)ccc2=O)cn1.CC(F)Oc1ccc(Cn2nc(-c3cnc(OCC(F)(F)F)nc3)ccc2=O)cn1.Cc1ccc(Cn2nc(-c3cnc(OCC(F)(F)F)nc3)ccc2=O)cn1.O=c1ccc(-c2cnc(OCC(F)(F)F)nc2)nn1Cc1cccc(F)c1. The van der Waals surface area contributed by atoms with Gasteiger partial charge in [0.2, 0.25) is 12.2 Å². The number of ether oxygens (including phenoxy) is 5. The van der Waals surface area contributed by atoms with Gasteiger partial charge < -0.3 is 23.7 Å². The summed E-state index contributed by atoms with van der Waals surface area (Å²) in [6, 6.07) is 24.3. The smallest absolute Gasteiger partial charge is 0.422 e. The number of halogens is 16. The van der Waals surface area contributed by atoms with E-state index in [0.29, 0.717) is 56.0 Å². The van der Waals surface area contributed by atoms with E-state index in [2.05, 4.69) is 94.2 Å². The molecule has 1 atom stereocenters. The molecule has 0 saturated heterocycles. The van der Waals surface area contributed by atoms with E-state index in [9.17, 15) is 89.4 Å². The molecule has 0 amide bonds. The van der Waals surface area contributed by atoms with Gasteiger partial charge in [-0.05, 0) is 77.7 Å². The summed E-state index contributed by atoms with van der Waals surface area (Å²) in [5.41, 5.74) is 4.24. The second-order valence-electron chi connectivity index (χ2n) is 23.5. The first-order valence-electron chi connectivity index (χ1n) is 32.5. The molecule has 28 nitrogen and oxygen atoms in total. The van der Waals surface area contributed by atoms with Crippen LogP contribution in [0.3, 0.4) is 0 Å². The maximum atomic E-state index is 13.3. The zero-order valence-electron chi connectivity index (χ0n) is 58.7. The topological polar surface area (TPSA) is 327 Å². The summed E-state index contributed by atoms with van der Waals surface area (Å²) in [4.78, 5) is 89.6. The van der Waals surface area contributed by atoms with E-state index >= 15 is 0 Å². The molecule has 0 bridgehead atoms. The third-order valence-corrected chi connectivity index (χ3v) is 14.2. The van der Waals surface area contributed by atoms with Crippen LogP contribution in [0.25, 0.3) is 45.0 Å². The summed E-state index contributed by atoms with van der Waals surface area (Å²) in [6.45, 7) is -1.84. The minimum Gasteiger partial charge on any atom is -0.454 e. The summed E-state index contributed by atoms with van der Waals surface area (Å²) in [5.74, 6) is -3.41. The predicted molar refractivity (Wildman–Crippen MR) is 365 cm³/mol. The zero-order chi connectivity index (χ0) is 82.5. The highest BCUT2D eigenvalue weighted by Crippen LogP contribution is 2.27. The zero-order valence-corrected chi connectivity index (χ0v) is 58.7. The molecule has 1 unspecified atom stereocenters. The highest BCUT2D eigenvalue weighted by molar-refractivity contribution is 5.58. The van der Waals surface area contributed by atoms with Crippen molar-refractivity contribution in [3.63, 3.8) is 0 Å². The van der Waals surface area contributed by atoms with Crippen LogP contribution in [-0.2, 0) is 32.1 Å². The Kier molecular flexibility index (Phi) is 27.7. The molecule has 0 aliphatic heterocycles. The molecule has 0 aliphatic rings. The lowest BCUT2D eigenvalue weighted by atomic mass is 10.2. The molecule has 0 fully saturated rings. The second kappa shape index (κ2) is 37.4. The van der Waals surface area contributed by atoms with Gasteiger partial charge in [0, 0.05) is 140 Å². The maximum Gasteiger partial charge on any atom is 0.422 e. The standard InChI is InChI=1S/C18H14F5N5O2.C18H15F4N5O3.C17H12F4N4O2.C17H14F3N5O2/c1-17(19,20)14-4-2-11(6-24-14)9-28-15(29)5-3-13(27-28)12-7-25-16(26-8-12)30-10-18(21,22)23;1-11(19)30-15-4-2-12(6-23-15)9-27-16(28)5-3-14(26-27)13-7-24-17(25-8-13)29-10-18(20,21)22;18-13-3-1-2-11(6-13)9-25-15(26)5-4-14(24-25)12-7-22-16(23-8-12)27-10-17(19,20)21;1-11-2-3-12(6-21-11)9-25-15(26)5-4-14(24-25)13-7-22-16(23-8-13)27-10-17(18,19)20/h2-8H,9-10H2,1H3;2-8,11H,9-10H2,1H3;1-8H,9-10H2;2-8H,9-10H2,1H3. The van der Waals surface area contributed by atoms with Crippen LogP contribution in [0.2, 0.25) is 0 Å². The Balaban J connectivity index is 0.000000174. The lowest BCUT2D eigenvalue weighted by molar-refractivity contribution is -0.155. The van der Waals surface area contributed by atoms with E-state index < -0.39 is 110 Å².